The zero-order valence-corrected chi connectivity index (χ0v) is 21.7. The molecule has 2 N–H and O–H groups in total. The van der Waals surface area contributed by atoms with Gasteiger partial charge in [0, 0.05) is 31.1 Å². The quantitative estimate of drug-likeness (QED) is 0.483. The summed E-state index contributed by atoms with van der Waals surface area (Å²) in [7, 11) is 0. The fourth-order valence-corrected chi connectivity index (χ4v) is 5.30. The number of aliphatic hydroxyl groups is 1. The maximum atomic E-state index is 14.9. The number of amides is 1. The summed E-state index contributed by atoms with van der Waals surface area (Å²) in [4.78, 5) is 33.3. The van der Waals surface area contributed by atoms with Gasteiger partial charge in [-0.15, -0.1) is 0 Å². The predicted molar refractivity (Wildman–Crippen MR) is 144 cm³/mol. The van der Waals surface area contributed by atoms with E-state index in [9.17, 15) is 24.2 Å². The van der Waals surface area contributed by atoms with Crippen LogP contribution in [-0.4, -0.2) is 69.5 Å². The highest BCUT2D eigenvalue weighted by atomic mass is 35.5. The molecule has 37 heavy (non-hydrogen) atoms. The van der Waals surface area contributed by atoms with Gasteiger partial charge in [0.15, 0.2) is 5.75 Å². The summed E-state index contributed by atoms with van der Waals surface area (Å²) < 4.78 is 22.2. The third-order valence-electron chi connectivity index (χ3n) is 6.72. The molecule has 1 aromatic heterocycles. The maximum absolute atomic E-state index is 14.9. The van der Waals surface area contributed by atoms with Crippen LogP contribution < -0.4 is 15.3 Å². The molecule has 1 amide bonds. The molecular formula is C25H26ClFN4O5S. The first-order valence-electron chi connectivity index (χ1n) is 11.4. The molecule has 2 aliphatic rings. The summed E-state index contributed by atoms with van der Waals surface area (Å²) in [5, 5.41) is 21.0. The first-order valence-corrected chi connectivity index (χ1v) is 11.8. The number of ether oxygens (including phenoxy) is 1. The Balaban J connectivity index is 0.00000320. The second-order valence-corrected chi connectivity index (χ2v) is 9.27. The minimum absolute atomic E-state index is 0. The Morgan fingerprint density at radius 2 is 2.11 bits per heavy atom. The van der Waals surface area contributed by atoms with Gasteiger partial charge in [-0.25, -0.2) is 9.18 Å². The zero-order chi connectivity index (χ0) is 25.7. The van der Waals surface area contributed by atoms with Crippen molar-refractivity contribution >= 4 is 47.7 Å². The van der Waals surface area contributed by atoms with Crippen molar-refractivity contribution in [3.05, 3.63) is 58.2 Å². The first-order chi connectivity index (χ1) is 17.3. The Labute approximate surface area is 223 Å². The molecule has 3 aromatic rings. The van der Waals surface area contributed by atoms with Crippen molar-refractivity contribution in [1.29, 1.82) is 0 Å². The number of nitrogens with zero attached hydrogens (tertiary/aromatic N) is 4. The van der Waals surface area contributed by atoms with E-state index in [1.54, 1.807) is 11.0 Å². The number of benzene rings is 2. The van der Waals surface area contributed by atoms with Gasteiger partial charge in [-0.1, -0.05) is 24.2 Å². The number of aliphatic hydroxyl groups excluding tert-OH is 1. The molecular weight excluding hydrogens is 523 g/mol. The Kier molecular flexibility index (Phi) is 7.40. The highest BCUT2D eigenvalue weighted by Gasteiger charge is 2.34. The van der Waals surface area contributed by atoms with Gasteiger partial charge >= 0.3 is 5.69 Å². The molecule has 0 bridgehead atoms. The first kappa shape index (κ1) is 26.8. The molecule has 0 saturated carbocycles. The Morgan fingerprint density at radius 1 is 1.35 bits per heavy atom. The van der Waals surface area contributed by atoms with Crippen LogP contribution in [0, 0.1) is 5.82 Å². The zero-order valence-electron chi connectivity index (χ0n) is 19.9. The summed E-state index contributed by atoms with van der Waals surface area (Å²) in [6, 6.07) is 4.56. The standard InChI is InChI=1S/C25H24ClFN4O5.H2S/c1-3-19(34)29-7-8-30(13(2)10-29)24-15-9-16(26)20(21-17(27)5-4-6-18(21)33)23-22(15)31(25(35)28-24)14(11-32)12-36-23;/h3-6,9,13-14,32-33H,1,7-8,10-12H2,2H3;1H2/t13-,14-;/m0./s1. The predicted octanol–water partition coefficient (Wildman–Crippen LogP) is 2.82. The van der Waals surface area contributed by atoms with E-state index in [0.29, 0.717) is 36.4 Å². The van der Waals surface area contributed by atoms with E-state index in [1.165, 1.54) is 28.8 Å². The molecule has 0 radical (unpaired) electrons. The van der Waals surface area contributed by atoms with E-state index in [2.05, 4.69) is 11.6 Å². The molecule has 0 unspecified atom stereocenters. The van der Waals surface area contributed by atoms with Crippen molar-refractivity contribution in [3.63, 3.8) is 0 Å². The van der Waals surface area contributed by atoms with Gasteiger partial charge in [-0.2, -0.15) is 18.5 Å². The number of aromatic nitrogens is 2. The summed E-state index contributed by atoms with van der Waals surface area (Å²) in [6.45, 7) is 6.21. The number of rotatable bonds is 4. The van der Waals surface area contributed by atoms with Gasteiger partial charge in [-0.05, 0) is 31.2 Å². The van der Waals surface area contributed by atoms with Gasteiger partial charge in [-0.3, -0.25) is 9.36 Å². The van der Waals surface area contributed by atoms with Crippen molar-refractivity contribution in [2.24, 2.45) is 0 Å². The Bertz CT molecular complexity index is 1450. The van der Waals surface area contributed by atoms with Gasteiger partial charge in [0.25, 0.3) is 0 Å². The topological polar surface area (TPSA) is 108 Å². The van der Waals surface area contributed by atoms with Crippen molar-refractivity contribution in [2.75, 3.05) is 37.7 Å². The van der Waals surface area contributed by atoms with E-state index >= 15 is 0 Å². The average molecular weight is 549 g/mol. The number of hydrogen-bond acceptors (Lipinski definition) is 7. The van der Waals surface area contributed by atoms with Gasteiger partial charge < -0.3 is 24.7 Å². The smallest absolute Gasteiger partial charge is 0.350 e. The van der Waals surface area contributed by atoms with Crippen molar-refractivity contribution < 1.29 is 24.1 Å². The molecule has 3 heterocycles. The molecule has 9 nitrogen and oxygen atoms in total. The van der Waals surface area contributed by atoms with Crippen molar-refractivity contribution in [3.8, 4) is 22.6 Å². The lowest BCUT2D eigenvalue weighted by molar-refractivity contribution is -0.126. The van der Waals surface area contributed by atoms with Crippen LogP contribution in [0.4, 0.5) is 10.2 Å². The number of phenols is 1. The van der Waals surface area contributed by atoms with Crippen molar-refractivity contribution in [1.82, 2.24) is 14.5 Å². The number of halogens is 2. The molecule has 0 aliphatic carbocycles. The second kappa shape index (κ2) is 10.2. The Hall–Kier alpha value is -3.28. The lowest BCUT2D eigenvalue weighted by atomic mass is 9.98. The Morgan fingerprint density at radius 3 is 2.76 bits per heavy atom. The van der Waals surface area contributed by atoms with Crippen LogP contribution in [0.15, 0.2) is 41.7 Å². The van der Waals surface area contributed by atoms with Crippen LogP contribution in [0.3, 0.4) is 0 Å². The van der Waals surface area contributed by atoms with E-state index in [-0.39, 0.29) is 66.3 Å². The third-order valence-corrected chi connectivity index (χ3v) is 7.02. The monoisotopic (exact) mass is 548 g/mol. The SMILES string of the molecule is C=CC(=O)N1CCN(c2nc(=O)n3c4c(c(-c5c(O)cccc5F)c(Cl)cc24)OC[C@@H]3CO)[C@@H](C)C1.S. The number of phenolic OH excluding ortho intramolecular Hbond substituents is 1. The molecule has 1 fully saturated rings. The van der Waals surface area contributed by atoms with Crippen LogP contribution in [-0.2, 0) is 4.79 Å². The highest BCUT2D eigenvalue weighted by molar-refractivity contribution is 7.59. The van der Waals surface area contributed by atoms with Crippen LogP contribution in [0.25, 0.3) is 22.0 Å². The van der Waals surface area contributed by atoms with Crippen LogP contribution >= 0.6 is 25.1 Å². The summed E-state index contributed by atoms with van der Waals surface area (Å²) in [5.41, 5.74) is -0.349. The van der Waals surface area contributed by atoms with Crippen molar-refractivity contribution in [2.45, 2.75) is 19.0 Å². The largest absolute Gasteiger partial charge is 0.507 e. The van der Waals surface area contributed by atoms with Crippen LogP contribution in [0.5, 0.6) is 11.5 Å². The van der Waals surface area contributed by atoms with E-state index in [0.717, 1.165) is 0 Å². The van der Waals surface area contributed by atoms with Gasteiger partial charge in [0.2, 0.25) is 5.91 Å². The molecule has 12 heteroatoms. The number of hydrogen-bond donors (Lipinski definition) is 2. The molecule has 2 atom stereocenters. The average Bonchev–Trinajstić information content (AvgIpc) is 2.86. The van der Waals surface area contributed by atoms with Gasteiger partial charge in [0.05, 0.1) is 34.3 Å². The van der Waals surface area contributed by atoms with Gasteiger partial charge in [0.1, 0.15) is 24.0 Å². The summed E-state index contributed by atoms with van der Waals surface area (Å²) >= 11 is 6.68. The maximum Gasteiger partial charge on any atom is 0.350 e. The van der Waals surface area contributed by atoms with Crippen LogP contribution in [0.2, 0.25) is 5.02 Å². The fourth-order valence-electron chi connectivity index (χ4n) is 5.01. The highest BCUT2D eigenvalue weighted by Crippen LogP contribution is 2.49. The minimum atomic E-state index is -0.711. The number of aromatic hydroxyl groups is 1. The van der Waals surface area contributed by atoms with E-state index in [4.69, 9.17) is 16.3 Å². The van der Waals surface area contributed by atoms with E-state index < -0.39 is 17.5 Å². The molecule has 0 spiro atoms. The normalized spacial score (nSPS) is 18.8. The number of piperazine rings is 1. The molecule has 2 aliphatic heterocycles. The summed E-state index contributed by atoms with van der Waals surface area (Å²) in [5.74, 6) is -0.751. The second-order valence-electron chi connectivity index (χ2n) is 8.86. The molecule has 5 rings (SSSR count). The summed E-state index contributed by atoms with van der Waals surface area (Å²) in [6.07, 6.45) is 1.27. The lowest BCUT2D eigenvalue weighted by Crippen LogP contribution is -2.54. The molecule has 196 valence electrons. The molecule has 1 saturated heterocycles. The van der Waals surface area contributed by atoms with E-state index in [1.807, 2.05) is 11.8 Å². The number of carbonyl (C=O) groups excluding carboxylic acids is 1. The molecule has 2 aromatic carbocycles. The lowest BCUT2D eigenvalue weighted by Gasteiger charge is -2.41. The van der Waals surface area contributed by atoms with Crippen LogP contribution in [0.1, 0.15) is 13.0 Å². The number of carbonyl (C=O) groups is 1. The minimum Gasteiger partial charge on any atom is -0.507 e. The number of anilines is 1. The fraction of sp³-hybridized carbons (Fsp3) is 0.320. The third kappa shape index (κ3) is 4.30.